The van der Waals surface area contributed by atoms with Gasteiger partial charge in [0.25, 0.3) is 0 Å². The molecular weight excluding hydrogens is 429 g/mol. The van der Waals surface area contributed by atoms with Gasteiger partial charge in [0, 0.05) is 39.6 Å². The van der Waals surface area contributed by atoms with Crippen molar-refractivity contribution in [2.75, 3.05) is 53.4 Å². The van der Waals surface area contributed by atoms with Crippen LogP contribution < -0.4 is 10.6 Å². The Morgan fingerprint density at radius 1 is 1.08 bits per heavy atom. The Labute approximate surface area is 170 Å². The van der Waals surface area contributed by atoms with Crippen LogP contribution in [0.5, 0.6) is 0 Å². The molecule has 0 saturated carbocycles. The maximum atomic E-state index is 11.5. The van der Waals surface area contributed by atoms with E-state index in [2.05, 4.69) is 34.4 Å². The molecule has 0 aliphatic carbocycles. The number of carbonyl (C=O) groups excluding carboxylic acids is 1. The minimum absolute atomic E-state index is 0. The fourth-order valence-corrected chi connectivity index (χ4v) is 3.60. The van der Waals surface area contributed by atoms with E-state index in [1.54, 1.807) is 7.05 Å². The van der Waals surface area contributed by atoms with E-state index in [0.29, 0.717) is 12.3 Å². The van der Waals surface area contributed by atoms with Crippen LogP contribution in [0.15, 0.2) is 4.99 Å². The summed E-state index contributed by atoms with van der Waals surface area (Å²) in [5, 5.41) is 6.19. The summed E-state index contributed by atoms with van der Waals surface area (Å²) in [6, 6.07) is 0. The van der Waals surface area contributed by atoms with Crippen LogP contribution in [0.1, 0.15) is 39.0 Å². The van der Waals surface area contributed by atoms with Gasteiger partial charge < -0.3 is 20.4 Å². The van der Waals surface area contributed by atoms with Crippen LogP contribution >= 0.6 is 24.0 Å². The van der Waals surface area contributed by atoms with Gasteiger partial charge in [-0.2, -0.15) is 0 Å². The van der Waals surface area contributed by atoms with E-state index in [1.165, 1.54) is 25.9 Å². The number of hydrogen-bond donors (Lipinski definition) is 2. The average molecular weight is 465 g/mol. The predicted molar refractivity (Wildman–Crippen MR) is 115 cm³/mol. The molecule has 0 atom stereocenters. The zero-order chi connectivity index (χ0) is 17.4. The molecule has 2 fully saturated rings. The van der Waals surface area contributed by atoms with E-state index >= 15 is 0 Å². The van der Waals surface area contributed by atoms with Crippen molar-refractivity contribution in [3.63, 3.8) is 0 Å². The smallest absolute Gasteiger partial charge is 0.220 e. The van der Waals surface area contributed by atoms with Crippen molar-refractivity contribution in [3.05, 3.63) is 0 Å². The number of amides is 1. The minimum atomic E-state index is 0. The van der Waals surface area contributed by atoms with E-state index in [4.69, 9.17) is 4.99 Å². The lowest BCUT2D eigenvalue weighted by atomic mass is 9.93. The summed E-state index contributed by atoms with van der Waals surface area (Å²) in [6.07, 6.45) is 5.33. The molecule has 7 heteroatoms. The fraction of sp³-hybridized carbons (Fsp3) is 0.889. The molecule has 6 nitrogen and oxygen atoms in total. The Morgan fingerprint density at radius 3 is 2.24 bits per heavy atom. The Kier molecular flexibility index (Phi) is 10.7. The number of rotatable bonds is 5. The molecule has 0 spiro atoms. The highest BCUT2D eigenvalue weighted by atomic mass is 127. The Bertz CT molecular complexity index is 416. The van der Waals surface area contributed by atoms with Gasteiger partial charge in [-0.05, 0) is 64.6 Å². The van der Waals surface area contributed by atoms with Gasteiger partial charge in [0.2, 0.25) is 5.91 Å². The van der Waals surface area contributed by atoms with Gasteiger partial charge in [-0.15, -0.1) is 24.0 Å². The third-order valence-electron chi connectivity index (χ3n) is 5.34. The predicted octanol–water partition coefficient (Wildman–Crippen LogP) is 1.76. The number of nitrogens with zero attached hydrogens (tertiary/aromatic N) is 3. The average Bonchev–Trinajstić information content (AvgIpc) is 2.60. The van der Waals surface area contributed by atoms with Gasteiger partial charge >= 0.3 is 0 Å². The third kappa shape index (κ3) is 7.68. The topological polar surface area (TPSA) is 60.0 Å². The summed E-state index contributed by atoms with van der Waals surface area (Å²) in [5.41, 5.74) is 0. The van der Waals surface area contributed by atoms with Gasteiger partial charge in [0.1, 0.15) is 0 Å². The maximum Gasteiger partial charge on any atom is 0.220 e. The second kappa shape index (κ2) is 11.9. The lowest BCUT2D eigenvalue weighted by molar-refractivity contribution is -0.121. The van der Waals surface area contributed by atoms with Crippen LogP contribution in [0.2, 0.25) is 0 Å². The highest BCUT2D eigenvalue weighted by Crippen LogP contribution is 2.21. The van der Waals surface area contributed by atoms with Gasteiger partial charge in [0.05, 0.1) is 0 Å². The number of piperidine rings is 2. The first-order valence-electron chi connectivity index (χ1n) is 9.54. The number of likely N-dealkylation sites (tertiary alicyclic amines) is 2. The number of carbonyl (C=O) groups is 1. The SMILES string of the molecule is CCNC(=NCC1CCN(C)CC1)N1CCC(CC(=O)NC)CC1.I. The summed E-state index contributed by atoms with van der Waals surface area (Å²) >= 11 is 0. The van der Waals surface area contributed by atoms with Gasteiger partial charge in [0.15, 0.2) is 5.96 Å². The summed E-state index contributed by atoms with van der Waals surface area (Å²) in [6.45, 7) is 8.37. The Morgan fingerprint density at radius 2 is 1.68 bits per heavy atom. The largest absolute Gasteiger partial charge is 0.359 e. The molecule has 0 aromatic rings. The van der Waals surface area contributed by atoms with Crippen LogP contribution in [-0.2, 0) is 4.79 Å². The van der Waals surface area contributed by atoms with Crippen LogP contribution in [0.3, 0.4) is 0 Å². The quantitative estimate of drug-likeness (QED) is 0.369. The Balaban J connectivity index is 0.00000312. The molecule has 1 amide bonds. The molecule has 0 bridgehead atoms. The molecule has 25 heavy (non-hydrogen) atoms. The molecule has 0 unspecified atom stereocenters. The van der Waals surface area contributed by atoms with Crippen LogP contribution in [0.25, 0.3) is 0 Å². The van der Waals surface area contributed by atoms with E-state index in [-0.39, 0.29) is 29.9 Å². The van der Waals surface area contributed by atoms with Crippen LogP contribution in [-0.4, -0.2) is 75.0 Å². The van der Waals surface area contributed by atoms with Crippen molar-refractivity contribution < 1.29 is 4.79 Å². The fourth-order valence-electron chi connectivity index (χ4n) is 3.60. The molecule has 2 heterocycles. The van der Waals surface area contributed by atoms with Crippen molar-refractivity contribution in [2.24, 2.45) is 16.8 Å². The van der Waals surface area contributed by atoms with E-state index < -0.39 is 0 Å². The monoisotopic (exact) mass is 465 g/mol. The highest BCUT2D eigenvalue weighted by molar-refractivity contribution is 14.0. The molecule has 2 aliphatic rings. The third-order valence-corrected chi connectivity index (χ3v) is 5.34. The molecule has 0 aromatic heterocycles. The summed E-state index contributed by atoms with van der Waals surface area (Å²) in [5.74, 6) is 2.46. The van der Waals surface area contributed by atoms with Crippen molar-refractivity contribution in [1.82, 2.24) is 20.4 Å². The van der Waals surface area contributed by atoms with E-state index in [9.17, 15) is 4.79 Å². The maximum absolute atomic E-state index is 11.5. The number of hydrogen-bond acceptors (Lipinski definition) is 3. The van der Waals surface area contributed by atoms with E-state index in [1.807, 2.05) is 0 Å². The van der Waals surface area contributed by atoms with Crippen molar-refractivity contribution >= 4 is 35.8 Å². The molecule has 2 aliphatic heterocycles. The lowest BCUT2D eigenvalue weighted by Gasteiger charge is -2.34. The number of aliphatic imine (C=N–C) groups is 1. The summed E-state index contributed by atoms with van der Waals surface area (Å²) < 4.78 is 0. The number of halogens is 1. The van der Waals surface area contributed by atoms with Crippen molar-refractivity contribution in [2.45, 2.75) is 39.0 Å². The van der Waals surface area contributed by atoms with Gasteiger partial charge in [-0.1, -0.05) is 0 Å². The summed E-state index contributed by atoms with van der Waals surface area (Å²) in [4.78, 5) is 21.2. The highest BCUT2D eigenvalue weighted by Gasteiger charge is 2.23. The molecular formula is C18H36IN5O. The normalized spacial score (nSPS) is 20.9. The zero-order valence-corrected chi connectivity index (χ0v) is 18.4. The zero-order valence-electron chi connectivity index (χ0n) is 16.1. The lowest BCUT2D eigenvalue weighted by Crippen LogP contribution is -2.46. The number of guanidine groups is 1. The van der Waals surface area contributed by atoms with Crippen molar-refractivity contribution in [1.29, 1.82) is 0 Å². The molecule has 2 saturated heterocycles. The first-order chi connectivity index (χ1) is 11.6. The van der Waals surface area contributed by atoms with Crippen molar-refractivity contribution in [3.8, 4) is 0 Å². The van der Waals surface area contributed by atoms with Gasteiger partial charge in [-0.25, -0.2) is 0 Å². The first kappa shape index (κ1) is 22.5. The summed E-state index contributed by atoms with van der Waals surface area (Å²) in [7, 11) is 3.92. The molecule has 2 N–H and O–H groups in total. The molecule has 0 radical (unpaired) electrons. The van der Waals surface area contributed by atoms with Crippen LogP contribution in [0.4, 0.5) is 0 Å². The minimum Gasteiger partial charge on any atom is -0.359 e. The second-order valence-corrected chi connectivity index (χ2v) is 7.25. The molecule has 146 valence electrons. The second-order valence-electron chi connectivity index (χ2n) is 7.25. The van der Waals surface area contributed by atoms with Gasteiger partial charge in [-0.3, -0.25) is 9.79 Å². The van der Waals surface area contributed by atoms with Crippen LogP contribution in [0, 0.1) is 11.8 Å². The molecule has 2 rings (SSSR count). The van der Waals surface area contributed by atoms with E-state index in [0.717, 1.165) is 50.9 Å². The Hall–Kier alpha value is -0.570. The standard InChI is InChI=1S/C18H35N5O.HI/c1-4-20-18(21-14-16-5-9-22(3)10-6-16)23-11-7-15(8-12-23)13-17(24)19-2;/h15-16H,4-14H2,1-3H3,(H,19,24)(H,20,21);1H. The first-order valence-corrected chi connectivity index (χ1v) is 9.54. The number of nitrogens with one attached hydrogen (secondary N) is 2. The molecule has 0 aromatic carbocycles.